The second-order valence-corrected chi connectivity index (χ2v) is 2.64. The van der Waals surface area contributed by atoms with E-state index in [1.54, 1.807) is 0 Å². The second-order valence-electron chi connectivity index (χ2n) is 2.64. The van der Waals surface area contributed by atoms with Gasteiger partial charge in [-0.3, -0.25) is 4.79 Å². The van der Waals surface area contributed by atoms with Crippen molar-refractivity contribution in [2.75, 3.05) is 11.9 Å². The van der Waals surface area contributed by atoms with Gasteiger partial charge in [-0.1, -0.05) is 24.1 Å². The molecule has 1 N–H and O–H groups in total. The van der Waals surface area contributed by atoms with Crippen molar-refractivity contribution in [2.24, 2.45) is 0 Å². The van der Waals surface area contributed by atoms with Crippen LogP contribution in [0.5, 0.6) is 0 Å². The van der Waals surface area contributed by atoms with E-state index in [-0.39, 0.29) is 12.2 Å². The van der Waals surface area contributed by atoms with Crippen LogP contribution in [-0.2, 0) is 4.79 Å². The first-order valence-corrected chi connectivity index (χ1v) is 4.07. The first-order valence-electron chi connectivity index (χ1n) is 4.07. The molecule has 0 bridgehead atoms. The Hall–Kier alpha value is -1.75. The average molecular weight is 173 g/mol. The van der Waals surface area contributed by atoms with Gasteiger partial charge in [0.15, 0.2) is 5.78 Å². The molecular formula is C11H11NO. The third-order valence-electron chi connectivity index (χ3n) is 1.56. The Kier molecular flexibility index (Phi) is 3.59. The molecular weight excluding hydrogens is 162 g/mol. The minimum absolute atomic E-state index is 0.0337. The molecule has 1 rings (SSSR count). The number of hydrogen-bond acceptors (Lipinski definition) is 2. The van der Waals surface area contributed by atoms with E-state index in [1.165, 1.54) is 0 Å². The minimum atomic E-state index is 0.0337. The van der Waals surface area contributed by atoms with Crippen LogP contribution in [0.2, 0.25) is 0 Å². The molecule has 1 aromatic rings. The van der Waals surface area contributed by atoms with Gasteiger partial charge in [-0.15, -0.1) is 6.42 Å². The lowest BCUT2D eigenvalue weighted by atomic mass is 10.2. The molecule has 2 heteroatoms. The van der Waals surface area contributed by atoms with Crippen molar-refractivity contribution in [3.05, 3.63) is 30.3 Å². The van der Waals surface area contributed by atoms with Crippen LogP contribution in [0, 0.1) is 12.3 Å². The minimum Gasteiger partial charge on any atom is -0.378 e. The molecule has 0 aliphatic heterocycles. The molecule has 0 radical (unpaired) electrons. The Morgan fingerprint density at radius 1 is 1.38 bits per heavy atom. The van der Waals surface area contributed by atoms with E-state index in [2.05, 4.69) is 11.2 Å². The van der Waals surface area contributed by atoms with Crippen LogP contribution in [0.3, 0.4) is 0 Å². The molecule has 1 aromatic carbocycles. The van der Waals surface area contributed by atoms with Crippen LogP contribution >= 0.6 is 0 Å². The molecule has 0 amide bonds. The quantitative estimate of drug-likeness (QED) is 0.702. The number of ketones is 1. The largest absolute Gasteiger partial charge is 0.378 e. The third kappa shape index (κ3) is 3.44. The van der Waals surface area contributed by atoms with Crippen LogP contribution in [-0.4, -0.2) is 12.3 Å². The molecule has 0 aliphatic rings. The van der Waals surface area contributed by atoms with Crippen LogP contribution < -0.4 is 5.32 Å². The first kappa shape index (κ1) is 9.34. The lowest BCUT2D eigenvalue weighted by Crippen LogP contribution is -2.12. The number of anilines is 1. The monoisotopic (exact) mass is 173 g/mol. The number of terminal acetylenes is 1. The fraction of sp³-hybridized carbons (Fsp3) is 0.182. The van der Waals surface area contributed by atoms with E-state index in [4.69, 9.17) is 6.42 Å². The summed E-state index contributed by atoms with van der Waals surface area (Å²) in [5.74, 6) is 2.35. The van der Waals surface area contributed by atoms with E-state index < -0.39 is 0 Å². The van der Waals surface area contributed by atoms with Gasteiger partial charge in [0, 0.05) is 5.69 Å². The van der Waals surface area contributed by atoms with Gasteiger partial charge in [-0.25, -0.2) is 0 Å². The smallest absolute Gasteiger partial charge is 0.163 e. The highest BCUT2D eigenvalue weighted by Crippen LogP contribution is 2.03. The molecule has 0 saturated carbocycles. The van der Waals surface area contributed by atoms with Crippen LogP contribution in [0.25, 0.3) is 0 Å². The van der Waals surface area contributed by atoms with E-state index in [0.29, 0.717) is 6.54 Å². The van der Waals surface area contributed by atoms with Crippen molar-refractivity contribution in [2.45, 2.75) is 6.42 Å². The van der Waals surface area contributed by atoms with E-state index in [1.807, 2.05) is 30.3 Å². The summed E-state index contributed by atoms with van der Waals surface area (Å²) in [6.07, 6.45) is 5.19. The first-order chi connectivity index (χ1) is 6.33. The van der Waals surface area contributed by atoms with Crippen molar-refractivity contribution in [3.63, 3.8) is 0 Å². The topological polar surface area (TPSA) is 29.1 Å². The number of benzene rings is 1. The molecule has 0 heterocycles. The summed E-state index contributed by atoms with van der Waals surface area (Å²) in [4.78, 5) is 11.0. The van der Waals surface area contributed by atoms with Crippen molar-refractivity contribution < 1.29 is 4.79 Å². The standard InChI is InChI=1S/C11H11NO/c1-2-6-11(13)9-12-10-7-4-3-5-8-10/h1,3-5,7-8,12H,6,9H2. The summed E-state index contributed by atoms with van der Waals surface area (Å²) in [5.41, 5.74) is 0.938. The van der Waals surface area contributed by atoms with Crippen LogP contribution in [0.15, 0.2) is 30.3 Å². The van der Waals surface area contributed by atoms with Gasteiger partial charge in [0.05, 0.1) is 13.0 Å². The number of carbonyl (C=O) groups is 1. The Morgan fingerprint density at radius 2 is 2.08 bits per heavy atom. The summed E-state index contributed by atoms with van der Waals surface area (Å²) in [6, 6.07) is 9.56. The molecule has 66 valence electrons. The maximum absolute atomic E-state index is 11.0. The summed E-state index contributed by atoms with van der Waals surface area (Å²) in [5, 5.41) is 2.98. The van der Waals surface area contributed by atoms with Crippen LogP contribution in [0.4, 0.5) is 5.69 Å². The Morgan fingerprint density at radius 3 is 2.69 bits per heavy atom. The summed E-state index contributed by atoms with van der Waals surface area (Å²) in [6.45, 7) is 0.300. The van der Waals surface area contributed by atoms with E-state index in [9.17, 15) is 4.79 Å². The highest BCUT2D eigenvalue weighted by molar-refractivity contribution is 5.84. The number of rotatable bonds is 4. The molecule has 2 nitrogen and oxygen atoms in total. The molecule has 0 fully saturated rings. The van der Waals surface area contributed by atoms with Crippen molar-refractivity contribution in [3.8, 4) is 12.3 Å². The highest BCUT2D eigenvalue weighted by Gasteiger charge is 1.97. The Labute approximate surface area is 78.0 Å². The second kappa shape index (κ2) is 5.00. The fourth-order valence-electron chi connectivity index (χ4n) is 0.933. The van der Waals surface area contributed by atoms with Crippen LogP contribution in [0.1, 0.15) is 6.42 Å². The lowest BCUT2D eigenvalue weighted by Gasteiger charge is -2.02. The predicted molar refractivity (Wildman–Crippen MR) is 53.4 cm³/mol. The normalized spacial score (nSPS) is 8.85. The SMILES string of the molecule is C#CCC(=O)CNc1ccccc1. The van der Waals surface area contributed by atoms with Gasteiger partial charge in [0.25, 0.3) is 0 Å². The van der Waals surface area contributed by atoms with Gasteiger partial charge in [-0.05, 0) is 12.1 Å². The van der Waals surface area contributed by atoms with E-state index in [0.717, 1.165) is 5.69 Å². The van der Waals surface area contributed by atoms with E-state index >= 15 is 0 Å². The third-order valence-corrected chi connectivity index (χ3v) is 1.56. The van der Waals surface area contributed by atoms with Crippen molar-refractivity contribution >= 4 is 11.5 Å². The summed E-state index contributed by atoms with van der Waals surface area (Å²) in [7, 11) is 0. The zero-order valence-electron chi connectivity index (χ0n) is 7.29. The Bertz CT molecular complexity index is 311. The fourth-order valence-corrected chi connectivity index (χ4v) is 0.933. The van der Waals surface area contributed by atoms with Gasteiger partial charge in [0.2, 0.25) is 0 Å². The Balaban J connectivity index is 2.36. The van der Waals surface area contributed by atoms with Gasteiger partial charge in [-0.2, -0.15) is 0 Å². The summed E-state index contributed by atoms with van der Waals surface area (Å²) < 4.78 is 0. The van der Waals surface area contributed by atoms with Gasteiger partial charge in [0.1, 0.15) is 0 Å². The number of para-hydroxylation sites is 1. The predicted octanol–water partition coefficient (Wildman–Crippen LogP) is 1.69. The number of hydrogen-bond donors (Lipinski definition) is 1. The number of Topliss-reactive ketones (excluding diaryl/α,β-unsaturated/α-hetero) is 1. The summed E-state index contributed by atoms with van der Waals surface area (Å²) >= 11 is 0. The zero-order chi connectivity index (χ0) is 9.52. The molecule has 13 heavy (non-hydrogen) atoms. The molecule has 0 spiro atoms. The van der Waals surface area contributed by atoms with Gasteiger partial charge >= 0.3 is 0 Å². The molecule has 0 aromatic heterocycles. The zero-order valence-corrected chi connectivity index (χ0v) is 7.29. The maximum Gasteiger partial charge on any atom is 0.163 e. The molecule has 0 atom stereocenters. The maximum atomic E-state index is 11.0. The van der Waals surface area contributed by atoms with Crippen molar-refractivity contribution in [1.82, 2.24) is 0 Å². The number of nitrogens with one attached hydrogen (secondary N) is 1. The molecule has 0 unspecified atom stereocenters. The van der Waals surface area contributed by atoms with Crippen molar-refractivity contribution in [1.29, 1.82) is 0 Å². The molecule has 0 saturated heterocycles. The molecule has 0 aliphatic carbocycles. The van der Waals surface area contributed by atoms with Gasteiger partial charge < -0.3 is 5.32 Å². The number of carbonyl (C=O) groups excluding carboxylic acids is 1. The lowest BCUT2D eigenvalue weighted by molar-refractivity contribution is -0.116. The highest BCUT2D eigenvalue weighted by atomic mass is 16.1. The average Bonchev–Trinajstić information content (AvgIpc) is 2.17.